The third kappa shape index (κ3) is 4.78. The molecule has 3 heteroatoms. The highest BCUT2D eigenvalue weighted by molar-refractivity contribution is 5.17. The van der Waals surface area contributed by atoms with Crippen molar-refractivity contribution < 1.29 is 9.47 Å². The molecule has 1 aliphatic rings. The van der Waals surface area contributed by atoms with Crippen LogP contribution < -0.4 is 0 Å². The van der Waals surface area contributed by atoms with Crippen molar-refractivity contribution in [2.24, 2.45) is 11.8 Å². The normalized spacial score (nSPS) is 21.2. The molecule has 1 fully saturated rings. The van der Waals surface area contributed by atoms with Gasteiger partial charge in [-0.2, -0.15) is 0 Å². The summed E-state index contributed by atoms with van der Waals surface area (Å²) in [7, 11) is 0. The Morgan fingerprint density at radius 2 is 1.33 bits per heavy atom. The Hall–Kier alpha value is -1.68. The number of rotatable bonds is 10. The van der Waals surface area contributed by atoms with Gasteiger partial charge in [-0.15, -0.1) is 0 Å². The van der Waals surface area contributed by atoms with E-state index in [0.29, 0.717) is 25.0 Å². The molecule has 0 amide bonds. The minimum Gasteiger partial charge on any atom is -0.350 e. The summed E-state index contributed by atoms with van der Waals surface area (Å²) in [5.74, 6) is 0.423. The summed E-state index contributed by atoms with van der Waals surface area (Å²) in [6.45, 7) is 10.6. The maximum Gasteiger partial charge on any atom is 0.174 e. The third-order valence-electron chi connectivity index (χ3n) is 5.61. The van der Waals surface area contributed by atoms with Crippen molar-refractivity contribution in [1.29, 1.82) is 0 Å². The van der Waals surface area contributed by atoms with Crippen molar-refractivity contribution in [3.63, 3.8) is 0 Å². The van der Waals surface area contributed by atoms with Crippen LogP contribution in [0, 0.1) is 11.8 Å². The largest absolute Gasteiger partial charge is 0.350 e. The van der Waals surface area contributed by atoms with E-state index in [1.54, 1.807) is 0 Å². The van der Waals surface area contributed by atoms with Gasteiger partial charge in [0, 0.05) is 44.7 Å². The molecule has 146 valence electrons. The van der Waals surface area contributed by atoms with E-state index in [4.69, 9.17) is 9.47 Å². The first-order valence-electron chi connectivity index (χ1n) is 10.3. The first-order chi connectivity index (χ1) is 13.2. The summed E-state index contributed by atoms with van der Waals surface area (Å²) in [5, 5.41) is 0. The molecule has 3 nitrogen and oxygen atoms in total. The van der Waals surface area contributed by atoms with Gasteiger partial charge >= 0.3 is 0 Å². The molecule has 0 unspecified atom stereocenters. The molecule has 0 aromatic heterocycles. The lowest BCUT2D eigenvalue weighted by Gasteiger charge is -2.54. The fraction of sp³-hybridized carbons (Fsp3) is 0.500. The fourth-order valence-electron chi connectivity index (χ4n) is 4.39. The van der Waals surface area contributed by atoms with Crippen LogP contribution >= 0.6 is 0 Å². The lowest BCUT2D eigenvalue weighted by atomic mass is 9.68. The molecule has 0 saturated heterocycles. The van der Waals surface area contributed by atoms with Crippen LogP contribution in [-0.2, 0) is 22.6 Å². The van der Waals surface area contributed by atoms with Crippen LogP contribution in [0.4, 0.5) is 0 Å². The van der Waals surface area contributed by atoms with Gasteiger partial charge in [-0.3, -0.25) is 4.90 Å². The molecule has 0 bridgehead atoms. The second-order valence-electron chi connectivity index (χ2n) is 7.56. The lowest BCUT2D eigenvalue weighted by Crippen LogP contribution is -2.61. The standard InChI is InChI=1S/C24H33NO2/c1-4-26-24(27-5-2)20(3)16-23(24)19-25(17-21-12-8-6-9-13-21)18-22-14-10-7-11-15-22/h6-15,20,23H,4-5,16-19H2,1-3H3/t20-,23-/m1/s1. The molecule has 1 saturated carbocycles. The predicted octanol–water partition coefficient (Wildman–Crippen LogP) is 5.11. The Kier molecular flexibility index (Phi) is 7.06. The zero-order chi connectivity index (χ0) is 19.1. The molecule has 0 heterocycles. The van der Waals surface area contributed by atoms with E-state index in [-0.39, 0.29) is 0 Å². The predicted molar refractivity (Wildman–Crippen MR) is 110 cm³/mol. The SMILES string of the molecule is CCOC1(OCC)[C@@H](CN(Cc2ccccc2)Cc2ccccc2)C[C@H]1C. The number of benzene rings is 2. The Morgan fingerprint density at radius 3 is 1.74 bits per heavy atom. The molecule has 0 aliphatic heterocycles. The van der Waals surface area contributed by atoms with E-state index in [0.717, 1.165) is 26.1 Å². The second-order valence-corrected chi connectivity index (χ2v) is 7.56. The van der Waals surface area contributed by atoms with E-state index < -0.39 is 5.79 Å². The fourth-order valence-corrected chi connectivity index (χ4v) is 4.39. The van der Waals surface area contributed by atoms with Gasteiger partial charge in [0.25, 0.3) is 0 Å². The number of nitrogens with zero attached hydrogens (tertiary/aromatic N) is 1. The maximum atomic E-state index is 6.18. The third-order valence-corrected chi connectivity index (χ3v) is 5.61. The van der Waals surface area contributed by atoms with Gasteiger partial charge in [0.2, 0.25) is 0 Å². The lowest BCUT2D eigenvalue weighted by molar-refractivity contribution is -0.340. The smallest absolute Gasteiger partial charge is 0.174 e. The van der Waals surface area contributed by atoms with E-state index in [1.807, 2.05) is 0 Å². The zero-order valence-electron chi connectivity index (χ0n) is 16.9. The van der Waals surface area contributed by atoms with Gasteiger partial charge in [-0.05, 0) is 31.4 Å². The van der Waals surface area contributed by atoms with Crippen molar-refractivity contribution in [3.8, 4) is 0 Å². The molecule has 3 rings (SSSR count). The highest BCUT2D eigenvalue weighted by Crippen LogP contribution is 2.48. The minimum absolute atomic E-state index is 0.403. The summed E-state index contributed by atoms with van der Waals surface area (Å²) in [6, 6.07) is 21.5. The minimum atomic E-state index is -0.422. The van der Waals surface area contributed by atoms with Gasteiger partial charge in [0.1, 0.15) is 0 Å². The van der Waals surface area contributed by atoms with Crippen molar-refractivity contribution in [1.82, 2.24) is 4.90 Å². The first-order valence-corrected chi connectivity index (χ1v) is 10.3. The van der Waals surface area contributed by atoms with Crippen LogP contribution in [0.5, 0.6) is 0 Å². The molecule has 0 spiro atoms. The maximum absolute atomic E-state index is 6.18. The summed E-state index contributed by atoms with van der Waals surface area (Å²) in [4.78, 5) is 2.54. The molecule has 0 radical (unpaired) electrons. The number of ether oxygens (including phenoxy) is 2. The van der Waals surface area contributed by atoms with Crippen LogP contribution in [0.2, 0.25) is 0 Å². The van der Waals surface area contributed by atoms with Crippen molar-refractivity contribution in [3.05, 3.63) is 71.8 Å². The molecule has 2 aromatic rings. The van der Waals surface area contributed by atoms with Crippen LogP contribution in [0.1, 0.15) is 38.3 Å². The monoisotopic (exact) mass is 367 g/mol. The summed E-state index contributed by atoms with van der Waals surface area (Å²) >= 11 is 0. The summed E-state index contributed by atoms with van der Waals surface area (Å²) < 4.78 is 12.4. The highest BCUT2D eigenvalue weighted by atomic mass is 16.7. The van der Waals surface area contributed by atoms with E-state index in [2.05, 4.69) is 86.3 Å². The average molecular weight is 368 g/mol. The van der Waals surface area contributed by atoms with Gasteiger partial charge in [-0.1, -0.05) is 67.6 Å². The topological polar surface area (TPSA) is 21.7 Å². The van der Waals surface area contributed by atoms with Crippen LogP contribution in [0.15, 0.2) is 60.7 Å². The second kappa shape index (κ2) is 9.50. The van der Waals surface area contributed by atoms with Gasteiger partial charge in [0.05, 0.1) is 0 Å². The molecular weight excluding hydrogens is 334 g/mol. The van der Waals surface area contributed by atoms with Crippen molar-refractivity contribution in [2.75, 3.05) is 19.8 Å². The summed E-state index contributed by atoms with van der Waals surface area (Å²) in [6.07, 6.45) is 1.15. The molecule has 27 heavy (non-hydrogen) atoms. The Labute approximate surface area is 164 Å². The molecule has 2 atom stereocenters. The van der Waals surface area contributed by atoms with Gasteiger partial charge < -0.3 is 9.47 Å². The van der Waals surface area contributed by atoms with Gasteiger partial charge in [-0.25, -0.2) is 0 Å². The van der Waals surface area contributed by atoms with Gasteiger partial charge in [0.15, 0.2) is 5.79 Å². The van der Waals surface area contributed by atoms with Crippen LogP contribution in [0.25, 0.3) is 0 Å². The Bertz CT molecular complexity index is 626. The molecule has 1 aliphatic carbocycles. The van der Waals surface area contributed by atoms with E-state index >= 15 is 0 Å². The number of hydrogen-bond donors (Lipinski definition) is 0. The summed E-state index contributed by atoms with van der Waals surface area (Å²) in [5.41, 5.74) is 2.69. The van der Waals surface area contributed by atoms with Crippen LogP contribution in [-0.4, -0.2) is 30.4 Å². The average Bonchev–Trinajstić information content (AvgIpc) is 2.69. The molecular formula is C24H33NO2. The van der Waals surface area contributed by atoms with Crippen LogP contribution in [0.3, 0.4) is 0 Å². The Balaban J connectivity index is 1.75. The van der Waals surface area contributed by atoms with E-state index in [1.165, 1.54) is 11.1 Å². The molecule has 2 aromatic carbocycles. The zero-order valence-corrected chi connectivity index (χ0v) is 16.9. The number of hydrogen-bond acceptors (Lipinski definition) is 3. The Morgan fingerprint density at radius 1 is 0.852 bits per heavy atom. The quantitative estimate of drug-likeness (QED) is 0.544. The molecule has 0 N–H and O–H groups in total. The van der Waals surface area contributed by atoms with Crippen molar-refractivity contribution in [2.45, 2.75) is 46.1 Å². The van der Waals surface area contributed by atoms with Crippen molar-refractivity contribution >= 4 is 0 Å². The first kappa shape index (κ1) is 20.1. The highest BCUT2D eigenvalue weighted by Gasteiger charge is 2.55. The van der Waals surface area contributed by atoms with E-state index in [9.17, 15) is 0 Å².